The Morgan fingerprint density at radius 1 is 0.808 bits per heavy atom. The summed E-state index contributed by atoms with van der Waals surface area (Å²) < 4.78 is 20.9. The van der Waals surface area contributed by atoms with E-state index in [1.807, 2.05) is 0 Å². The second-order valence-electron chi connectivity index (χ2n) is 5.30. The number of methoxy groups -OCH3 is 4. The van der Waals surface area contributed by atoms with E-state index >= 15 is 0 Å². The maximum atomic E-state index is 12.6. The number of rotatable bonds is 7. The predicted octanol–water partition coefficient (Wildman–Crippen LogP) is 3.18. The van der Waals surface area contributed by atoms with Gasteiger partial charge in [0, 0.05) is 5.56 Å². The molecule has 0 aromatic heterocycles. The molecule has 0 unspecified atom stereocenters. The van der Waals surface area contributed by atoms with Gasteiger partial charge in [-0.25, -0.2) is 0 Å². The van der Waals surface area contributed by atoms with E-state index in [0.717, 1.165) is 0 Å². The van der Waals surface area contributed by atoms with Crippen LogP contribution in [0.2, 0.25) is 0 Å². The van der Waals surface area contributed by atoms with Crippen molar-refractivity contribution in [1.82, 2.24) is 0 Å². The molecule has 26 heavy (non-hydrogen) atoms. The molecule has 2 aromatic rings. The van der Waals surface area contributed by atoms with Crippen molar-refractivity contribution in [3.63, 3.8) is 0 Å². The molecule has 0 aliphatic heterocycles. The molecule has 0 aliphatic carbocycles. The van der Waals surface area contributed by atoms with Crippen LogP contribution in [0.15, 0.2) is 30.3 Å². The molecule has 0 saturated carbocycles. The zero-order valence-corrected chi connectivity index (χ0v) is 15.3. The van der Waals surface area contributed by atoms with E-state index in [0.29, 0.717) is 28.5 Å². The maximum Gasteiger partial charge on any atom is 0.255 e. The monoisotopic (exact) mass is 359 g/mol. The lowest BCUT2D eigenvalue weighted by Crippen LogP contribution is -2.15. The number of amides is 1. The molecule has 0 saturated heterocycles. The molecular formula is C19H21NO6. The summed E-state index contributed by atoms with van der Waals surface area (Å²) in [5.74, 6) is 0.954. The Labute approximate surface area is 151 Å². The zero-order chi connectivity index (χ0) is 19.3. The molecule has 0 heterocycles. The number of anilines is 1. The normalized spacial score (nSPS) is 10.0. The van der Waals surface area contributed by atoms with Gasteiger partial charge in [-0.3, -0.25) is 9.59 Å². The van der Waals surface area contributed by atoms with Crippen molar-refractivity contribution in [1.29, 1.82) is 0 Å². The van der Waals surface area contributed by atoms with Gasteiger partial charge in [-0.2, -0.15) is 0 Å². The van der Waals surface area contributed by atoms with E-state index in [4.69, 9.17) is 18.9 Å². The van der Waals surface area contributed by atoms with Crippen molar-refractivity contribution in [2.45, 2.75) is 6.92 Å². The highest BCUT2D eigenvalue weighted by Crippen LogP contribution is 2.37. The van der Waals surface area contributed by atoms with Gasteiger partial charge < -0.3 is 24.3 Å². The Balaban J connectivity index is 2.42. The first-order valence-corrected chi connectivity index (χ1v) is 7.76. The molecule has 7 heteroatoms. The van der Waals surface area contributed by atoms with E-state index < -0.39 is 5.91 Å². The van der Waals surface area contributed by atoms with Gasteiger partial charge in [-0.15, -0.1) is 0 Å². The standard InChI is InChI=1S/C19H21NO6/c1-11(21)17-13(7-9-15(24-3)18(17)26-5)20-19(22)12-6-8-14(23-2)16(10-12)25-4/h6-10H,1-5H3,(H,20,22). The molecule has 0 spiro atoms. The molecule has 2 aromatic carbocycles. The Morgan fingerprint density at radius 3 is 1.96 bits per heavy atom. The van der Waals surface area contributed by atoms with Gasteiger partial charge in [0.05, 0.1) is 39.7 Å². The SMILES string of the molecule is COc1ccc(C(=O)Nc2ccc(OC)c(OC)c2C(C)=O)cc1OC. The minimum Gasteiger partial charge on any atom is -0.493 e. The topological polar surface area (TPSA) is 83.1 Å². The van der Waals surface area contributed by atoms with Gasteiger partial charge in [0.25, 0.3) is 5.91 Å². The molecule has 7 nitrogen and oxygen atoms in total. The van der Waals surface area contributed by atoms with E-state index in [1.165, 1.54) is 35.4 Å². The first kappa shape index (κ1) is 19.1. The fraction of sp³-hybridized carbons (Fsp3) is 0.263. The van der Waals surface area contributed by atoms with Crippen LogP contribution in [0.1, 0.15) is 27.6 Å². The second kappa shape index (κ2) is 8.24. The molecule has 1 N–H and O–H groups in total. The first-order valence-electron chi connectivity index (χ1n) is 7.76. The van der Waals surface area contributed by atoms with Gasteiger partial charge >= 0.3 is 0 Å². The van der Waals surface area contributed by atoms with Crippen LogP contribution in [0.4, 0.5) is 5.69 Å². The van der Waals surface area contributed by atoms with Crippen LogP contribution >= 0.6 is 0 Å². The zero-order valence-electron chi connectivity index (χ0n) is 15.3. The molecule has 0 aliphatic rings. The highest BCUT2D eigenvalue weighted by atomic mass is 16.5. The molecule has 0 atom stereocenters. The van der Waals surface area contributed by atoms with Crippen LogP contribution in [0.25, 0.3) is 0 Å². The molecule has 2 rings (SSSR count). The maximum absolute atomic E-state index is 12.6. The van der Waals surface area contributed by atoms with Crippen molar-refractivity contribution in [2.24, 2.45) is 0 Å². The third-order valence-electron chi connectivity index (χ3n) is 3.79. The number of carbonyl (C=O) groups excluding carboxylic acids is 2. The van der Waals surface area contributed by atoms with Crippen molar-refractivity contribution in [3.8, 4) is 23.0 Å². The van der Waals surface area contributed by atoms with Crippen LogP contribution in [-0.2, 0) is 0 Å². The van der Waals surface area contributed by atoms with Gasteiger partial charge in [-0.05, 0) is 37.3 Å². The van der Waals surface area contributed by atoms with Crippen molar-refractivity contribution < 1.29 is 28.5 Å². The van der Waals surface area contributed by atoms with Crippen molar-refractivity contribution in [3.05, 3.63) is 41.5 Å². The average molecular weight is 359 g/mol. The van der Waals surface area contributed by atoms with E-state index in [2.05, 4.69) is 5.32 Å². The van der Waals surface area contributed by atoms with Crippen molar-refractivity contribution in [2.75, 3.05) is 33.8 Å². The number of hydrogen-bond donors (Lipinski definition) is 1. The summed E-state index contributed by atoms with van der Waals surface area (Å²) in [5, 5.41) is 2.73. The third kappa shape index (κ3) is 3.72. The molecule has 0 bridgehead atoms. The predicted molar refractivity (Wildman–Crippen MR) is 97.0 cm³/mol. The van der Waals surface area contributed by atoms with E-state index in [-0.39, 0.29) is 17.1 Å². The summed E-state index contributed by atoms with van der Waals surface area (Å²) in [7, 11) is 5.91. The summed E-state index contributed by atoms with van der Waals surface area (Å²) in [5.41, 5.74) is 0.919. The Kier molecular flexibility index (Phi) is 6.06. The summed E-state index contributed by atoms with van der Waals surface area (Å²) in [6.07, 6.45) is 0. The van der Waals surface area contributed by atoms with Gasteiger partial charge in [0.15, 0.2) is 28.8 Å². The lowest BCUT2D eigenvalue weighted by molar-refractivity contribution is 0.101. The van der Waals surface area contributed by atoms with Crippen LogP contribution in [0, 0.1) is 0 Å². The number of nitrogens with one attached hydrogen (secondary N) is 1. The number of ether oxygens (including phenoxy) is 4. The number of hydrogen-bond acceptors (Lipinski definition) is 6. The van der Waals surface area contributed by atoms with E-state index in [9.17, 15) is 9.59 Å². The molecule has 0 fully saturated rings. The van der Waals surface area contributed by atoms with Gasteiger partial charge in [0.2, 0.25) is 0 Å². The quantitative estimate of drug-likeness (QED) is 0.765. The van der Waals surface area contributed by atoms with Gasteiger partial charge in [0.1, 0.15) is 0 Å². The Bertz CT molecular complexity index is 831. The van der Waals surface area contributed by atoms with Crippen LogP contribution in [0.3, 0.4) is 0 Å². The molecule has 0 radical (unpaired) electrons. The average Bonchev–Trinajstić information content (AvgIpc) is 2.66. The van der Waals surface area contributed by atoms with E-state index in [1.54, 1.807) is 30.3 Å². The fourth-order valence-corrected chi connectivity index (χ4v) is 2.55. The Hall–Kier alpha value is -3.22. The first-order chi connectivity index (χ1) is 12.5. The number of benzene rings is 2. The second-order valence-corrected chi connectivity index (χ2v) is 5.30. The smallest absolute Gasteiger partial charge is 0.255 e. The highest BCUT2D eigenvalue weighted by Gasteiger charge is 2.21. The summed E-state index contributed by atoms with van der Waals surface area (Å²) >= 11 is 0. The largest absolute Gasteiger partial charge is 0.493 e. The summed E-state index contributed by atoms with van der Waals surface area (Å²) in [6.45, 7) is 1.39. The Morgan fingerprint density at radius 2 is 1.42 bits per heavy atom. The van der Waals surface area contributed by atoms with Crippen LogP contribution in [0.5, 0.6) is 23.0 Å². The van der Waals surface area contributed by atoms with Crippen LogP contribution < -0.4 is 24.3 Å². The van der Waals surface area contributed by atoms with Crippen molar-refractivity contribution >= 4 is 17.4 Å². The number of carbonyl (C=O) groups is 2. The lowest BCUT2D eigenvalue weighted by Gasteiger charge is -2.16. The highest BCUT2D eigenvalue weighted by molar-refractivity contribution is 6.10. The lowest BCUT2D eigenvalue weighted by atomic mass is 10.1. The molecular weight excluding hydrogens is 338 g/mol. The van der Waals surface area contributed by atoms with Gasteiger partial charge in [-0.1, -0.05) is 0 Å². The molecule has 1 amide bonds. The fourth-order valence-electron chi connectivity index (χ4n) is 2.55. The third-order valence-corrected chi connectivity index (χ3v) is 3.79. The summed E-state index contributed by atoms with van der Waals surface area (Å²) in [6, 6.07) is 8.01. The number of Topliss-reactive ketones (excluding diaryl/α,β-unsaturated/α-hetero) is 1. The minimum atomic E-state index is -0.402. The minimum absolute atomic E-state index is 0.237. The van der Waals surface area contributed by atoms with Crippen LogP contribution in [-0.4, -0.2) is 40.1 Å². The molecule has 138 valence electrons. The number of ketones is 1. The summed E-state index contributed by atoms with van der Waals surface area (Å²) in [4.78, 5) is 24.7.